The second kappa shape index (κ2) is 9.09. The third kappa shape index (κ3) is 3.90. The molecule has 3 aromatic carbocycles. The predicted molar refractivity (Wildman–Crippen MR) is 117 cm³/mol. The molecule has 0 saturated heterocycles. The van der Waals surface area contributed by atoms with Crippen LogP contribution in [0.5, 0.6) is 11.5 Å². The van der Waals surface area contributed by atoms with Gasteiger partial charge in [-0.3, -0.25) is 0 Å². The van der Waals surface area contributed by atoms with E-state index in [1.807, 2.05) is 6.92 Å². The summed E-state index contributed by atoms with van der Waals surface area (Å²) in [7, 11) is 0. The molecule has 4 rings (SSSR count). The van der Waals surface area contributed by atoms with Gasteiger partial charge in [-0.2, -0.15) is 17.6 Å². The molecule has 0 radical (unpaired) electrons. The fraction of sp³-hybridized carbons (Fsp3) is 0.308. The van der Waals surface area contributed by atoms with Crippen LogP contribution in [0.4, 0.5) is 30.7 Å². The van der Waals surface area contributed by atoms with E-state index in [0.29, 0.717) is 6.61 Å². The lowest BCUT2D eigenvalue weighted by Crippen LogP contribution is -2.41. The van der Waals surface area contributed by atoms with Gasteiger partial charge in [-0.05, 0) is 48.7 Å². The quantitative estimate of drug-likeness (QED) is 0.241. The molecule has 0 atom stereocenters. The zero-order valence-electron chi connectivity index (χ0n) is 18.8. The summed E-state index contributed by atoms with van der Waals surface area (Å²) < 4.78 is 116. The van der Waals surface area contributed by atoms with E-state index in [4.69, 9.17) is 9.47 Å². The monoisotopic (exact) mass is 498 g/mol. The van der Waals surface area contributed by atoms with E-state index in [2.05, 4.69) is 0 Å². The molecule has 1 aliphatic rings. The van der Waals surface area contributed by atoms with E-state index in [1.54, 1.807) is 0 Å². The van der Waals surface area contributed by atoms with Crippen molar-refractivity contribution < 1.29 is 40.2 Å². The van der Waals surface area contributed by atoms with Crippen LogP contribution < -0.4 is 9.47 Å². The van der Waals surface area contributed by atoms with Crippen LogP contribution in [0, 0.1) is 17.5 Å². The van der Waals surface area contributed by atoms with Crippen molar-refractivity contribution >= 4 is 0 Å². The second-order valence-corrected chi connectivity index (χ2v) is 8.08. The molecule has 0 aliphatic heterocycles. The molecule has 35 heavy (non-hydrogen) atoms. The Balaban J connectivity index is 1.88. The largest absolute Gasteiger partial charge is 0.493 e. The zero-order valence-corrected chi connectivity index (χ0v) is 18.8. The number of halogens is 7. The molecule has 9 heteroatoms. The van der Waals surface area contributed by atoms with Crippen LogP contribution in [0.3, 0.4) is 0 Å². The third-order valence-electron chi connectivity index (χ3n) is 5.86. The SMILES string of the molecule is CCCCOc1ccc(-c2ccc3c(c2F)C(F)(F)C(F)(F)c2c-3ccc(OCC)c2F)c(F)c1. The van der Waals surface area contributed by atoms with Gasteiger partial charge in [0, 0.05) is 17.2 Å². The average molecular weight is 498 g/mol. The maximum atomic E-state index is 15.5. The summed E-state index contributed by atoms with van der Waals surface area (Å²) in [5, 5.41) is 0. The average Bonchev–Trinajstić information content (AvgIpc) is 2.79. The van der Waals surface area contributed by atoms with Crippen molar-refractivity contribution in [3.8, 4) is 33.8 Å². The lowest BCUT2D eigenvalue weighted by atomic mass is 9.78. The highest BCUT2D eigenvalue weighted by Gasteiger charge is 2.65. The molecule has 3 aromatic rings. The lowest BCUT2D eigenvalue weighted by Gasteiger charge is -2.35. The van der Waals surface area contributed by atoms with E-state index >= 15 is 22.0 Å². The molecule has 0 spiro atoms. The summed E-state index contributed by atoms with van der Waals surface area (Å²) in [6.07, 6.45) is 1.57. The van der Waals surface area contributed by atoms with E-state index in [-0.39, 0.29) is 12.4 Å². The van der Waals surface area contributed by atoms with Gasteiger partial charge in [0.15, 0.2) is 11.6 Å². The van der Waals surface area contributed by atoms with Crippen LogP contribution in [0.15, 0.2) is 42.5 Å². The molecule has 1 aliphatic carbocycles. The first-order valence-corrected chi connectivity index (χ1v) is 11.0. The van der Waals surface area contributed by atoms with E-state index in [9.17, 15) is 8.78 Å². The molecule has 0 N–H and O–H groups in total. The molecule has 186 valence electrons. The first-order chi connectivity index (χ1) is 16.6. The number of fused-ring (bicyclic) bond motifs is 3. The van der Waals surface area contributed by atoms with Crippen LogP contribution >= 0.6 is 0 Å². The molecule has 2 nitrogen and oxygen atoms in total. The van der Waals surface area contributed by atoms with Gasteiger partial charge in [-0.25, -0.2) is 13.2 Å². The van der Waals surface area contributed by atoms with Gasteiger partial charge in [0.05, 0.1) is 24.3 Å². The smallest absolute Gasteiger partial charge is 0.343 e. The van der Waals surface area contributed by atoms with Gasteiger partial charge in [0.1, 0.15) is 17.4 Å². The lowest BCUT2D eigenvalue weighted by molar-refractivity contribution is -0.227. The van der Waals surface area contributed by atoms with Crippen LogP contribution in [-0.2, 0) is 11.8 Å². The number of hydrogen-bond donors (Lipinski definition) is 0. The molecule has 0 heterocycles. The maximum absolute atomic E-state index is 15.5. The summed E-state index contributed by atoms with van der Waals surface area (Å²) in [6, 6.07) is 7.39. The van der Waals surface area contributed by atoms with Crippen molar-refractivity contribution in [1.29, 1.82) is 0 Å². The Morgan fingerprint density at radius 3 is 1.86 bits per heavy atom. The molecular formula is C26H21F7O2. The number of hydrogen-bond acceptors (Lipinski definition) is 2. The van der Waals surface area contributed by atoms with Crippen LogP contribution in [0.25, 0.3) is 22.3 Å². The van der Waals surface area contributed by atoms with Gasteiger partial charge in [0.25, 0.3) is 0 Å². The summed E-state index contributed by atoms with van der Waals surface area (Å²) in [5.41, 5.74) is -5.45. The number of ether oxygens (including phenoxy) is 2. The number of unbranched alkanes of at least 4 members (excludes halogenated alkanes) is 1. The molecule has 0 aromatic heterocycles. The van der Waals surface area contributed by atoms with Gasteiger partial charge in [-0.15, -0.1) is 0 Å². The highest BCUT2D eigenvalue weighted by molar-refractivity contribution is 5.81. The van der Waals surface area contributed by atoms with Gasteiger partial charge in [0.2, 0.25) is 0 Å². The summed E-state index contributed by atoms with van der Waals surface area (Å²) >= 11 is 0. The van der Waals surface area contributed by atoms with Gasteiger partial charge < -0.3 is 9.47 Å². The Morgan fingerprint density at radius 2 is 1.26 bits per heavy atom. The Hall–Kier alpha value is -3.23. The highest BCUT2D eigenvalue weighted by Crippen LogP contribution is 2.60. The van der Waals surface area contributed by atoms with Crippen LogP contribution in [-0.4, -0.2) is 13.2 Å². The minimum absolute atomic E-state index is 0.0831. The van der Waals surface area contributed by atoms with Crippen molar-refractivity contribution in [2.24, 2.45) is 0 Å². The van der Waals surface area contributed by atoms with Crippen molar-refractivity contribution in [2.45, 2.75) is 38.5 Å². The Bertz CT molecular complexity index is 1270. The zero-order chi connectivity index (χ0) is 25.5. The van der Waals surface area contributed by atoms with Crippen molar-refractivity contribution in [3.05, 3.63) is 71.0 Å². The minimum atomic E-state index is -5.12. The van der Waals surface area contributed by atoms with Crippen LogP contribution in [0.2, 0.25) is 0 Å². The standard InChI is InChI=1S/C26H21F7O2/c1-3-5-12-35-14-6-7-15(19(27)13-14)18-9-8-16-17-10-11-20(34-4-2)24(29)22(17)26(32,33)25(30,31)21(16)23(18)28/h6-11,13H,3-5,12H2,1-2H3. The maximum Gasteiger partial charge on any atom is 0.343 e. The van der Waals surface area contributed by atoms with Crippen LogP contribution in [0.1, 0.15) is 37.8 Å². The third-order valence-corrected chi connectivity index (χ3v) is 5.86. The van der Waals surface area contributed by atoms with Crippen molar-refractivity contribution in [1.82, 2.24) is 0 Å². The van der Waals surface area contributed by atoms with Crippen molar-refractivity contribution in [3.63, 3.8) is 0 Å². The predicted octanol–water partition coefficient (Wildman–Crippen LogP) is 8.21. The Kier molecular flexibility index (Phi) is 6.46. The Labute approximate surface area is 197 Å². The topological polar surface area (TPSA) is 18.5 Å². The summed E-state index contributed by atoms with van der Waals surface area (Å²) in [5.74, 6) is -15.0. The first-order valence-electron chi connectivity index (χ1n) is 11.0. The van der Waals surface area contributed by atoms with E-state index in [1.165, 1.54) is 13.0 Å². The highest BCUT2D eigenvalue weighted by atomic mass is 19.3. The molecule has 0 amide bonds. The second-order valence-electron chi connectivity index (χ2n) is 8.08. The molecule has 0 fully saturated rings. The van der Waals surface area contributed by atoms with Gasteiger partial charge in [-0.1, -0.05) is 25.5 Å². The molecule has 0 saturated carbocycles. The first kappa shape index (κ1) is 24.9. The molecule has 0 bridgehead atoms. The number of alkyl halides is 4. The normalized spacial score (nSPS) is 15.3. The summed E-state index contributed by atoms with van der Waals surface area (Å²) in [4.78, 5) is 0. The summed E-state index contributed by atoms with van der Waals surface area (Å²) in [6.45, 7) is 3.65. The number of benzene rings is 3. The minimum Gasteiger partial charge on any atom is -0.493 e. The fourth-order valence-electron chi connectivity index (χ4n) is 4.12. The molecular weight excluding hydrogens is 477 g/mol. The Morgan fingerprint density at radius 1 is 0.686 bits per heavy atom. The number of rotatable bonds is 7. The van der Waals surface area contributed by atoms with Crippen molar-refractivity contribution in [2.75, 3.05) is 13.2 Å². The molecule has 0 unspecified atom stereocenters. The fourth-order valence-corrected chi connectivity index (χ4v) is 4.12. The van der Waals surface area contributed by atoms with Gasteiger partial charge >= 0.3 is 11.8 Å². The van der Waals surface area contributed by atoms with E-state index in [0.717, 1.165) is 49.2 Å². The van der Waals surface area contributed by atoms with E-state index < -0.39 is 68.4 Å².